The van der Waals surface area contributed by atoms with Crippen molar-refractivity contribution in [3.05, 3.63) is 92.3 Å². The van der Waals surface area contributed by atoms with Crippen LogP contribution in [0.1, 0.15) is 70.5 Å². The molecule has 9 nitrogen and oxygen atoms in total. The number of unbranched alkanes of at least 4 members (excludes halogenated alkanes) is 1. The second-order valence-corrected chi connectivity index (χ2v) is 12.2. The van der Waals surface area contributed by atoms with Crippen LogP contribution in [-0.2, 0) is 9.59 Å². The Balaban J connectivity index is 1.23. The zero-order valence-electron chi connectivity index (χ0n) is 24.9. The van der Waals surface area contributed by atoms with Gasteiger partial charge in [0.25, 0.3) is 0 Å². The molecule has 0 aliphatic carbocycles. The SMILES string of the molecule is Cc1sc2c(c1C)C(c1ccc(Cl)cc1)=N[C@@H](CC(=O)NCCCCC(=O)Nc1cccc(C#CCN)c1)c1nnc(C)n1-2. The Hall–Kier alpha value is -4.30. The number of rotatable bonds is 9. The van der Waals surface area contributed by atoms with E-state index >= 15 is 0 Å². The van der Waals surface area contributed by atoms with Crippen LogP contribution in [0, 0.1) is 32.6 Å². The Bertz CT molecular complexity index is 1780. The average Bonchev–Trinajstić information content (AvgIpc) is 3.48. The molecule has 3 heterocycles. The molecule has 0 saturated heterocycles. The summed E-state index contributed by atoms with van der Waals surface area (Å²) in [5.41, 5.74) is 10.8. The molecule has 1 atom stereocenters. The summed E-state index contributed by atoms with van der Waals surface area (Å²) in [4.78, 5) is 31.9. The van der Waals surface area contributed by atoms with Gasteiger partial charge in [0.05, 0.1) is 18.7 Å². The third-order valence-corrected chi connectivity index (χ3v) is 8.81. The van der Waals surface area contributed by atoms with Crippen molar-refractivity contribution in [2.45, 2.75) is 52.5 Å². The van der Waals surface area contributed by atoms with Crippen molar-refractivity contribution in [2.75, 3.05) is 18.4 Å². The summed E-state index contributed by atoms with van der Waals surface area (Å²) in [5, 5.41) is 16.4. The summed E-state index contributed by atoms with van der Waals surface area (Å²) in [6, 6.07) is 14.4. The molecule has 226 valence electrons. The largest absolute Gasteiger partial charge is 0.356 e. The van der Waals surface area contributed by atoms with E-state index in [1.54, 1.807) is 11.3 Å². The van der Waals surface area contributed by atoms with Gasteiger partial charge in [0.2, 0.25) is 11.8 Å². The van der Waals surface area contributed by atoms with E-state index in [1.165, 1.54) is 4.88 Å². The predicted octanol–water partition coefficient (Wildman–Crippen LogP) is 5.43. The van der Waals surface area contributed by atoms with Gasteiger partial charge in [-0.25, -0.2) is 0 Å². The van der Waals surface area contributed by atoms with Crippen molar-refractivity contribution < 1.29 is 9.59 Å². The minimum Gasteiger partial charge on any atom is -0.356 e. The lowest BCUT2D eigenvalue weighted by Crippen LogP contribution is -2.26. The molecular weight excluding hydrogens is 594 g/mol. The van der Waals surface area contributed by atoms with Gasteiger partial charge < -0.3 is 16.4 Å². The molecule has 0 spiro atoms. The molecule has 1 aliphatic rings. The van der Waals surface area contributed by atoms with Crippen molar-refractivity contribution in [3.63, 3.8) is 0 Å². The minimum absolute atomic E-state index is 0.0875. The molecule has 2 amide bonds. The summed E-state index contributed by atoms with van der Waals surface area (Å²) >= 11 is 7.87. The number of hydrogen-bond acceptors (Lipinski definition) is 7. The lowest BCUT2D eigenvalue weighted by Gasteiger charge is -2.13. The Morgan fingerprint density at radius 3 is 2.64 bits per heavy atom. The van der Waals surface area contributed by atoms with Crippen LogP contribution in [0.2, 0.25) is 5.02 Å². The zero-order chi connectivity index (χ0) is 31.2. The van der Waals surface area contributed by atoms with E-state index in [1.807, 2.05) is 60.0 Å². The monoisotopic (exact) mass is 627 g/mol. The van der Waals surface area contributed by atoms with Gasteiger partial charge in [-0.15, -0.1) is 21.5 Å². The van der Waals surface area contributed by atoms with Crippen LogP contribution in [0.5, 0.6) is 0 Å². The molecule has 0 unspecified atom stereocenters. The van der Waals surface area contributed by atoms with E-state index in [2.05, 4.69) is 46.5 Å². The van der Waals surface area contributed by atoms with Crippen molar-refractivity contribution in [1.82, 2.24) is 20.1 Å². The smallest absolute Gasteiger partial charge is 0.224 e. The summed E-state index contributed by atoms with van der Waals surface area (Å²) in [6.07, 6.45) is 1.76. The number of carbonyl (C=O) groups excluding carboxylic acids is 2. The number of thiophene rings is 1. The van der Waals surface area contributed by atoms with Gasteiger partial charge in [-0.05, 0) is 69.5 Å². The predicted molar refractivity (Wildman–Crippen MR) is 176 cm³/mol. The standard InChI is InChI=1S/C33H34ClN7O2S/c1-20-21(2)44-33-30(20)31(24-12-14-25(34)15-13-24)38-27(32-40-39-22(3)41(32)33)19-29(43)36-17-5-4-11-28(42)37-26-10-6-8-23(18-26)9-7-16-35/h6,8,10,12-15,18,27H,4-5,11,16-17,19,35H2,1-3H3,(H,36,43)(H,37,42)/t27-/m0/s1. The van der Waals surface area contributed by atoms with Crippen LogP contribution in [0.25, 0.3) is 5.00 Å². The highest BCUT2D eigenvalue weighted by Gasteiger charge is 2.32. The number of anilines is 1. The highest BCUT2D eigenvalue weighted by molar-refractivity contribution is 7.15. The quantitative estimate of drug-likeness (QED) is 0.169. The molecule has 5 rings (SSSR count). The highest BCUT2D eigenvalue weighted by atomic mass is 35.5. The Labute approximate surface area is 265 Å². The molecule has 11 heteroatoms. The van der Waals surface area contributed by atoms with E-state index in [4.69, 9.17) is 22.3 Å². The van der Waals surface area contributed by atoms with Gasteiger partial charge in [-0.3, -0.25) is 19.1 Å². The molecule has 4 N–H and O–H groups in total. The summed E-state index contributed by atoms with van der Waals surface area (Å²) in [7, 11) is 0. The number of benzene rings is 2. The fraction of sp³-hybridized carbons (Fsp3) is 0.303. The second-order valence-electron chi connectivity index (χ2n) is 10.6. The minimum atomic E-state index is -0.530. The van der Waals surface area contributed by atoms with Crippen molar-refractivity contribution in [2.24, 2.45) is 10.7 Å². The van der Waals surface area contributed by atoms with Crippen LogP contribution in [0.4, 0.5) is 5.69 Å². The molecule has 4 aromatic rings. The number of nitrogens with zero attached hydrogens (tertiary/aromatic N) is 4. The van der Waals surface area contributed by atoms with Crippen molar-refractivity contribution >= 4 is 46.2 Å². The molecule has 2 aromatic heterocycles. The van der Waals surface area contributed by atoms with Gasteiger partial charge in [-0.2, -0.15) is 0 Å². The van der Waals surface area contributed by atoms with E-state index in [0.29, 0.717) is 42.3 Å². The molecule has 1 aliphatic heterocycles. The summed E-state index contributed by atoms with van der Waals surface area (Å²) in [6.45, 7) is 6.84. The Morgan fingerprint density at radius 2 is 1.86 bits per heavy atom. The fourth-order valence-corrected chi connectivity index (χ4v) is 6.41. The summed E-state index contributed by atoms with van der Waals surface area (Å²) in [5.74, 6) is 6.92. The highest BCUT2D eigenvalue weighted by Crippen LogP contribution is 2.39. The summed E-state index contributed by atoms with van der Waals surface area (Å²) < 4.78 is 2.03. The van der Waals surface area contributed by atoms with E-state index < -0.39 is 6.04 Å². The fourth-order valence-electron chi connectivity index (χ4n) is 5.07. The van der Waals surface area contributed by atoms with Gasteiger partial charge in [-0.1, -0.05) is 41.6 Å². The maximum absolute atomic E-state index is 13.2. The zero-order valence-corrected chi connectivity index (χ0v) is 26.5. The Morgan fingerprint density at radius 1 is 1.07 bits per heavy atom. The number of nitrogens with two attached hydrogens (primary N) is 1. The molecule has 2 aromatic carbocycles. The van der Waals surface area contributed by atoms with E-state index in [-0.39, 0.29) is 24.8 Å². The number of carbonyl (C=O) groups is 2. The third kappa shape index (κ3) is 7.08. The van der Waals surface area contributed by atoms with Crippen molar-refractivity contribution in [1.29, 1.82) is 0 Å². The van der Waals surface area contributed by atoms with Crippen LogP contribution >= 0.6 is 22.9 Å². The van der Waals surface area contributed by atoms with Gasteiger partial charge in [0, 0.05) is 45.2 Å². The molecule has 0 fully saturated rings. The first kappa shape index (κ1) is 31.1. The topological polar surface area (TPSA) is 127 Å². The van der Waals surface area contributed by atoms with Gasteiger partial charge in [0.1, 0.15) is 16.9 Å². The van der Waals surface area contributed by atoms with E-state index in [9.17, 15) is 9.59 Å². The first-order valence-corrected chi connectivity index (χ1v) is 15.7. The lowest BCUT2D eigenvalue weighted by molar-refractivity contribution is -0.121. The number of aliphatic imine (C=N–C) groups is 1. The number of hydrogen-bond donors (Lipinski definition) is 3. The van der Waals surface area contributed by atoms with Gasteiger partial charge >= 0.3 is 0 Å². The number of nitrogens with one attached hydrogen (secondary N) is 2. The average molecular weight is 628 g/mol. The molecule has 44 heavy (non-hydrogen) atoms. The van der Waals surface area contributed by atoms with Crippen LogP contribution in [0.15, 0.2) is 53.5 Å². The normalized spacial score (nSPS) is 13.6. The second kappa shape index (κ2) is 14.0. The third-order valence-electron chi connectivity index (χ3n) is 7.37. The lowest BCUT2D eigenvalue weighted by atomic mass is 9.99. The van der Waals surface area contributed by atoms with Crippen molar-refractivity contribution in [3.8, 4) is 16.8 Å². The van der Waals surface area contributed by atoms with Crippen LogP contribution in [-0.4, -0.2) is 45.4 Å². The first-order valence-electron chi connectivity index (χ1n) is 14.5. The van der Waals surface area contributed by atoms with Crippen LogP contribution < -0.4 is 16.4 Å². The maximum Gasteiger partial charge on any atom is 0.224 e. The Kier molecular flexibility index (Phi) is 9.90. The molecular formula is C33H34ClN7O2S. The number of fused-ring (bicyclic) bond motifs is 3. The maximum atomic E-state index is 13.2. The number of halogens is 1. The molecule has 0 bridgehead atoms. The van der Waals surface area contributed by atoms with Gasteiger partial charge in [0.15, 0.2) is 5.82 Å². The molecule has 0 radical (unpaired) electrons. The molecule has 0 saturated carbocycles. The van der Waals surface area contributed by atoms with Crippen LogP contribution in [0.3, 0.4) is 0 Å². The number of aryl methyl sites for hydroxylation is 2. The first-order chi connectivity index (χ1) is 21.2. The number of aromatic nitrogens is 3. The number of amides is 2. The van der Waals surface area contributed by atoms with E-state index in [0.717, 1.165) is 38.8 Å².